The van der Waals surface area contributed by atoms with Gasteiger partial charge in [-0.1, -0.05) is 12.1 Å². The molecular weight excluding hydrogens is 331 g/mol. The highest BCUT2D eigenvalue weighted by atomic mass is 19.2. The Kier molecular flexibility index (Phi) is 4.91. The van der Waals surface area contributed by atoms with Crippen LogP contribution in [-0.4, -0.2) is 5.97 Å². The zero-order valence-electron chi connectivity index (χ0n) is 13.1. The first-order valence-electron chi connectivity index (χ1n) is 6.93. The average Bonchev–Trinajstić information content (AvgIpc) is 2.53. The first-order chi connectivity index (χ1) is 11.1. The molecular formula is C17H13F5O2. The van der Waals surface area contributed by atoms with Gasteiger partial charge in [-0.2, -0.15) is 0 Å². The van der Waals surface area contributed by atoms with Crippen molar-refractivity contribution < 1.29 is 31.5 Å². The van der Waals surface area contributed by atoms with Crippen molar-refractivity contribution in [3.05, 3.63) is 63.5 Å². The van der Waals surface area contributed by atoms with Gasteiger partial charge in [0.2, 0.25) is 5.82 Å². The van der Waals surface area contributed by atoms with E-state index in [2.05, 4.69) is 0 Å². The fourth-order valence-corrected chi connectivity index (χ4v) is 2.36. The third-order valence-electron chi connectivity index (χ3n) is 3.63. The maximum atomic E-state index is 13.8. The van der Waals surface area contributed by atoms with Gasteiger partial charge in [0, 0.05) is 18.9 Å². The molecule has 0 aliphatic heterocycles. The van der Waals surface area contributed by atoms with E-state index in [1.54, 1.807) is 6.92 Å². The van der Waals surface area contributed by atoms with E-state index in [9.17, 15) is 26.7 Å². The van der Waals surface area contributed by atoms with Gasteiger partial charge in [0.1, 0.15) is 5.75 Å². The lowest BCUT2D eigenvalue weighted by Crippen LogP contribution is -2.10. The zero-order valence-corrected chi connectivity index (χ0v) is 13.1. The van der Waals surface area contributed by atoms with Gasteiger partial charge in [-0.15, -0.1) is 0 Å². The van der Waals surface area contributed by atoms with E-state index in [-0.39, 0.29) is 11.3 Å². The van der Waals surface area contributed by atoms with Crippen molar-refractivity contribution in [3.8, 4) is 5.75 Å². The molecule has 0 spiro atoms. The Morgan fingerprint density at radius 2 is 1.42 bits per heavy atom. The highest BCUT2D eigenvalue weighted by Gasteiger charge is 2.26. The summed E-state index contributed by atoms with van der Waals surface area (Å²) in [6, 6.07) is 3.02. The summed E-state index contributed by atoms with van der Waals surface area (Å²) < 4.78 is 72.3. The molecule has 0 aliphatic carbocycles. The Labute approximate surface area is 134 Å². The van der Waals surface area contributed by atoms with Crippen molar-refractivity contribution in [1.29, 1.82) is 0 Å². The lowest BCUT2D eigenvalue weighted by Gasteiger charge is -2.15. The van der Waals surface area contributed by atoms with Gasteiger partial charge < -0.3 is 4.74 Å². The number of hydrogen-bond donors (Lipinski definition) is 0. The Morgan fingerprint density at radius 1 is 0.917 bits per heavy atom. The second kappa shape index (κ2) is 6.59. The quantitative estimate of drug-likeness (QED) is 0.269. The fourth-order valence-electron chi connectivity index (χ4n) is 2.36. The summed E-state index contributed by atoms with van der Waals surface area (Å²) in [5.41, 5.74) is 0.324. The molecule has 2 aromatic carbocycles. The molecule has 7 heteroatoms. The van der Waals surface area contributed by atoms with E-state index in [0.717, 1.165) is 0 Å². The molecule has 0 saturated carbocycles. The molecule has 0 aliphatic rings. The van der Waals surface area contributed by atoms with Crippen LogP contribution in [0.2, 0.25) is 0 Å². The summed E-state index contributed by atoms with van der Waals surface area (Å²) >= 11 is 0. The molecule has 2 rings (SSSR count). The van der Waals surface area contributed by atoms with E-state index < -0.39 is 47.0 Å². The number of hydrogen-bond acceptors (Lipinski definition) is 2. The standard InChI is InChI=1S/C17H13F5O2/c1-7-4-5-10(8(2)17(7)24-9(3)23)6-11-12(18)14(20)16(22)15(21)13(11)19/h4-5H,6H2,1-3H3. The van der Waals surface area contributed by atoms with Gasteiger partial charge in [0.15, 0.2) is 23.3 Å². The summed E-state index contributed by atoms with van der Waals surface area (Å²) in [5.74, 6) is -10.3. The SMILES string of the molecule is CC(=O)Oc1c(C)ccc(Cc2c(F)c(F)c(F)c(F)c2F)c1C. The first-order valence-corrected chi connectivity index (χ1v) is 6.93. The molecule has 0 atom stereocenters. The highest BCUT2D eigenvalue weighted by molar-refractivity contribution is 5.70. The lowest BCUT2D eigenvalue weighted by molar-refractivity contribution is -0.131. The van der Waals surface area contributed by atoms with Crippen molar-refractivity contribution in [2.45, 2.75) is 27.2 Å². The van der Waals surface area contributed by atoms with E-state index in [1.165, 1.54) is 26.0 Å². The number of carbonyl (C=O) groups excluding carboxylic acids is 1. The number of benzene rings is 2. The lowest BCUT2D eigenvalue weighted by atomic mass is 9.96. The van der Waals surface area contributed by atoms with Gasteiger partial charge in [0.25, 0.3) is 0 Å². The summed E-state index contributed by atoms with van der Waals surface area (Å²) in [6.45, 7) is 4.38. The normalized spacial score (nSPS) is 10.8. The van der Waals surface area contributed by atoms with Gasteiger partial charge >= 0.3 is 5.97 Å². The Balaban J connectivity index is 2.56. The predicted octanol–water partition coefficient (Wildman–Crippen LogP) is 4.52. The van der Waals surface area contributed by atoms with Crippen LogP contribution >= 0.6 is 0 Å². The average molecular weight is 344 g/mol. The van der Waals surface area contributed by atoms with Crippen LogP contribution in [0.25, 0.3) is 0 Å². The third-order valence-corrected chi connectivity index (χ3v) is 3.63. The molecule has 0 saturated heterocycles. The first kappa shape index (κ1) is 17.9. The van der Waals surface area contributed by atoms with Gasteiger partial charge in [0.05, 0.1) is 0 Å². The number of rotatable bonds is 3. The van der Waals surface area contributed by atoms with Crippen LogP contribution in [0, 0.1) is 42.9 Å². The zero-order chi connectivity index (χ0) is 18.2. The molecule has 128 valence electrons. The van der Waals surface area contributed by atoms with Crippen LogP contribution in [0.1, 0.15) is 29.2 Å². The summed E-state index contributed by atoms with van der Waals surface area (Å²) in [5, 5.41) is 0. The second-order valence-corrected chi connectivity index (χ2v) is 5.31. The summed E-state index contributed by atoms with van der Waals surface area (Å²) in [4.78, 5) is 11.1. The molecule has 0 N–H and O–H groups in total. The summed E-state index contributed by atoms with van der Waals surface area (Å²) in [6.07, 6.45) is -0.536. The van der Waals surface area contributed by atoms with Crippen molar-refractivity contribution in [2.75, 3.05) is 0 Å². The molecule has 0 unspecified atom stereocenters. The molecule has 0 amide bonds. The Hall–Kier alpha value is -2.44. The molecule has 0 bridgehead atoms. The second-order valence-electron chi connectivity index (χ2n) is 5.31. The van der Waals surface area contributed by atoms with Crippen molar-refractivity contribution >= 4 is 5.97 Å². The van der Waals surface area contributed by atoms with E-state index >= 15 is 0 Å². The van der Waals surface area contributed by atoms with Gasteiger partial charge in [-0.3, -0.25) is 4.79 Å². The smallest absolute Gasteiger partial charge is 0.308 e. The third kappa shape index (κ3) is 3.11. The van der Waals surface area contributed by atoms with Crippen LogP contribution in [0.5, 0.6) is 5.75 Å². The maximum Gasteiger partial charge on any atom is 0.308 e. The van der Waals surface area contributed by atoms with E-state index in [0.29, 0.717) is 11.1 Å². The molecule has 0 fully saturated rings. The van der Waals surface area contributed by atoms with Crippen molar-refractivity contribution in [1.82, 2.24) is 0 Å². The number of aryl methyl sites for hydroxylation is 1. The van der Waals surface area contributed by atoms with Crippen molar-refractivity contribution in [2.24, 2.45) is 0 Å². The van der Waals surface area contributed by atoms with Crippen LogP contribution in [0.3, 0.4) is 0 Å². The van der Waals surface area contributed by atoms with Crippen molar-refractivity contribution in [3.63, 3.8) is 0 Å². The van der Waals surface area contributed by atoms with Gasteiger partial charge in [-0.25, -0.2) is 22.0 Å². The Morgan fingerprint density at radius 3 is 1.92 bits per heavy atom. The molecule has 0 heterocycles. The number of ether oxygens (including phenoxy) is 1. The molecule has 2 nitrogen and oxygen atoms in total. The monoisotopic (exact) mass is 344 g/mol. The number of esters is 1. The molecule has 24 heavy (non-hydrogen) atoms. The minimum absolute atomic E-state index is 0.198. The largest absolute Gasteiger partial charge is 0.426 e. The molecule has 2 aromatic rings. The fraction of sp³-hybridized carbons (Fsp3) is 0.235. The minimum Gasteiger partial charge on any atom is -0.426 e. The maximum absolute atomic E-state index is 13.8. The van der Waals surface area contributed by atoms with Crippen LogP contribution in [0.4, 0.5) is 22.0 Å². The minimum atomic E-state index is -2.20. The topological polar surface area (TPSA) is 26.3 Å². The van der Waals surface area contributed by atoms with E-state index in [4.69, 9.17) is 4.74 Å². The van der Waals surface area contributed by atoms with E-state index in [1.807, 2.05) is 0 Å². The highest BCUT2D eigenvalue weighted by Crippen LogP contribution is 2.30. The van der Waals surface area contributed by atoms with Crippen LogP contribution < -0.4 is 4.74 Å². The van der Waals surface area contributed by atoms with Gasteiger partial charge in [-0.05, 0) is 30.5 Å². The molecule has 0 aromatic heterocycles. The van der Waals surface area contributed by atoms with Crippen LogP contribution in [-0.2, 0) is 11.2 Å². The Bertz CT molecular complexity index is 801. The predicted molar refractivity (Wildman–Crippen MR) is 76.3 cm³/mol. The van der Waals surface area contributed by atoms with Crippen LogP contribution in [0.15, 0.2) is 12.1 Å². The summed E-state index contributed by atoms with van der Waals surface area (Å²) in [7, 11) is 0. The number of carbonyl (C=O) groups is 1. The molecule has 0 radical (unpaired) electrons. The number of halogens is 5.